The maximum atomic E-state index is 11.8. The SMILES string of the molecule is O=C(OCc1ccccc1)N1CC[C@H](Br)[C@@H](O)C1. The number of hydrogen-bond acceptors (Lipinski definition) is 3. The van der Waals surface area contributed by atoms with Crippen LogP contribution in [0.5, 0.6) is 0 Å². The molecular formula is C13H16BrNO3. The van der Waals surface area contributed by atoms with Crippen LogP contribution in [0.1, 0.15) is 12.0 Å². The molecule has 1 heterocycles. The number of carbonyl (C=O) groups is 1. The quantitative estimate of drug-likeness (QED) is 0.851. The van der Waals surface area contributed by atoms with Crippen molar-refractivity contribution in [1.82, 2.24) is 4.90 Å². The molecule has 0 spiro atoms. The molecule has 0 aliphatic carbocycles. The summed E-state index contributed by atoms with van der Waals surface area (Å²) in [5.41, 5.74) is 0.960. The minimum Gasteiger partial charge on any atom is -0.445 e. The summed E-state index contributed by atoms with van der Waals surface area (Å²) in [6.07, 6.45) is -0.151. The number of hydrogen-bond donors (Lipinski definition) is 1. The number of aliphatic hydroxyl groups excluding tert-OH is 1. The molecule has 0 aromatic heterocycles. The number of alkyl halides is 1. The number of benzene rings is 1. The molecule has 0 unspecified atom stereocenters. The molecule has 1 amide bonds. The van der Waals surface area contributed by atoms with Crippen molar-refractivity contribution in [3.8, 4) is 0 Å². The predicted molar refractivity (Wildman–Crippen MR) is 71.5 cm³/mol. The third-order valence-electron chi connectivity index (χ3n) is 2.96. The van der Waals surface area contributed by atoms with Crippen molar-refractivity contribution in [3.63, 3.8) is 0 Å². The summed E-state index contributed by atoms with van der Waals surface area (Å²) >= 11 is 3.38. The van der Waals surface area contributed by atoms with Crippen molar-refractivity contribution in [2.24, 2.45) is 0 Å². The number of aliphatic hydroxyl groups is 1. The molecule has 0 radical (unpaired) electrons. The summed E-state index contributed by atoms with van der Waals surface area (Å²) in [6, 6.07) is 9.55. The van der Waals surface area contributed by atoms with Crippen molar-refractivity contribution >= 4 is 22.0 Å². The molecule has 2 atom stereocenters. The van der Waals surface area contributed by atoms with Gasteiger partial charge < -0.3 is 14.7 Å². The van der Waals surface area contributed by atoms with Gasteiger partial charge >= 0.3 is 6.09 Å². The van der Waals surface area contributed by atoms with E-state index in [2.05, 4.69) is 15.9 Å². The molecule has 1 aromatic rings. The van der Waals surface area contributed by atoms with Gasteiger partial charge in [0.1, 0.15) is 6.61 Å². The average Bonchev–Trinajstić information content (AvgIpc) is 2.40. The second-order valence-corrected chi connectivity index (χ2v) is 5.53. The fourth-order valence-electron chi connectivity index (χ4n) is 1.88. The first kappa shape index (κ1) is 13.4. The van der Waals surface area contributed by atoms with E-state index in [-0.39, 0.29) is 17.5 Å². The smallest absolute Gasteiger partial charge is 0.410 e. The van der Waals surface area contributed by atoms with Crippen LogP contribution in [0.3, 0.4) is 0 Å². The maximum Gasteiger partial charge on any atom is 0.410 e. The standard InChI is InChI=1S/C13H16BrNO3/c14-11-6-7-15(8-12(11)16)13(17)18-9-10-4-2-1-3-5-10/h1-5,11-12,16H,6-9H2/t11-,12-/m0/s1. The fraction of sp³-hybridized carbons (Fsp3) is 0.462. The van der Waals surface area contributed by atoms with E-state index < -0.39 is 6.10 Å². The lowest BCUT2D eigenvalue weighted by atomic mass is 10.1. The minimum absolute atomic E-state index is 0.0654. The summed E-state index contributed by atoms with van der Waals surface area (Å²) < 4.78 is 5.21. The predicted octanol–water partition coefficient (Wildman–Crippen LogP) is 2.15. The number of nitrogens with zero attached hydrogens (tertiary/aromatic N) is 1. The van der Waals surface area contributed by atoms with Crippen LogP contribution in [0.4, 0.5) is 4.79 Å². The molecule has 1 aliphatic rings. The van der Waals surface area contributed by atoms with Crippen LogP contribution in [0, 0.1) is 0 Å². The van der Waals surface area contributed by atoms with Gasteiger partial charge in [-0.15, -0.1) is 0 Å². The number of piperidine rings is 1. The molecule has 4 nitrogen and oxygen atoms in total. The van der Waals surface area contributed by atoms with Crippen molar-refractivity contribution in [2.45, 2.75) is 24.0 Å². The Balaban J connectivity index is 1.82. The number of ether oxygens (including phenoxy) is 1. The highest BCUT2D eigenvalue weighted by Crippen LogP contribution is 2.19. The Labute approximate surface area is 115 Å². The summed E-state index contributed by atoms with van der Waals surface area (Å²) in [6.45, 7) is 1.20. The van der Waals surface area contributed by atoms with Gasteiger partial charge in [-0.25, -0.2) is 4.79 Å². The van der Waals surface area contributed by atoms with Gasteiger partial charge in [0.15, 0.2) is 0 Å². The molecule has 1 saturated heterocycles. The van der Waals surface area contributed by atoms with E-state index in [0.29, 0.717) is 13.1 Å². The minimum atomic E-state index is -0.525. The molecule has 1 aliphatic heterocycles. The Morgan fingerprint density at radius 3 is 2.83 bits per heavy atom. The summed E-state index contributed by atoms with van der Waals surface area (Å²) in [7, 11) is 0. The monoisotopic (exact) mass is 313 g/mol. The Kier molecular flexibility index (Phi) is 4.60. The van der Waals surface area contributed by atoms with Gasteiger partial charge in [-0.05, 0) is 12.0 Å². The van der Waals surface area contributed by atoms with E-state index in [1.165, 1.54) is 0 Å². The number of β-amino-alcohol motifs (C(OH)–C–C–N with tert-alkyl or cyclic N) is 1. The highest BCUT2D eigenvalue weighted by atomic mass is 79.9. The second-order valence-electron chi connectivity index (χ2n) is 4.36. The van der Waals surface area contributed by atoms with E-state index in [1.54, 1.807) is 4.90 Å². The third-order valence-corrected chi connectivity index (χ3v) is 4.03. The zero-order valence-corrected chi connectivity index (χ0v) is 11.5. The molecule has 0 bridgehead atoms. The molecule has 98 valence electrons. The Morgan fingerprint density at radius 1 is 1.44 bits per heavy atom. The van der Waals surface area contributed by atoms with Gasteiger partial charge in [-0.1, -0.05) is 46.3 Å². The van der Waals surface area contributed by atoms with Crippen LogP contribution in [0.2, 0.25) is 0 Å². The van der Waals surface area contributed by atoms with Gasteiger partial charge in [0.05, 0.1) is 12.6 Å². The topological polar surface area (TPSA) is 49.8 Å². The normalized spacial score (nSPS) is 23.8. The number of amides is 1. The van der Waals surface area contributed by atoms with Crippen LogP contribution in [-0.4, -0.2) is 40.1 Å². The van der Waals surface area contributed by atoms with E-state index in [4.69, 9.17) is 4.74 Å². The molecule has 5 heteroatoms. The first-order valence-corrected chi connectivity index (χ1v) is 6.86. The fourth-order valence-corrected chi connectivity index (χ4v) is 2.25. The first-order valence-electron chi connectivity index (χ1n) is 5.94. The maximum absolute atomic E-state index is 11.8. The lowest BCUT2D eigenvalue weighted by Gasteiger charge is -2.32. The van der Waals surface area contributed by atoms with Crippen LogP contribution >= 0.6 is 15.9 Å². The Hall–Kier alpha value is -1.07. The zero-order valence-electron chi connectivity index (χ0n) is 9.96. The van der Waals surface area contributed by atoms with Crippen molar-refractivity contribution < 1.29 is 14.6 Å². The third kappa shape index (κ3) is 3.46. The van der Waals surface area contributed by atoms with Gasteiger partial charge in [0, 0.05) is 11.4 Å². The van der Waals surface area contributed by atoms with E-state index >= 15 is 0 Å². The molecule has 18 heavy (non-hydrogen) atoms. The van der Waals surface area contributed by atoms with Crippen LogP contribution in [-0.2, 0) is 11.3 Å². The van der Waals surface area contributed by atoms with Crippen LogP contribution in [0.15, 0.2) is 30.3 Å². The second kappa shape index (κ2) is 6.20. The summed E-state index contributed by atoms with van der Waals surface area (Å²) in [5, 5.41) is 9.69. The highest BCUT2D eigenvalue weighted by molar-refractivity contribution is 9.09. The van der Waals surface area contributed by atoms with Gasteiger partial charge in [0.2, 0.25) is 0 Å². The van der Waals surface area contributed by atoms with Crippen molar-refractivity contribution in [3.05, 3.63) is 35.9 Å². The van der Waals surface area contributed by atoms with E-state index in [0.717, 1.165) is 12.0 Å². The van der Waals surface area contributed by atoms with E-state index in [9.17, 15) is 9.90 Å². The van der Waals surface area contributed by atoms with Crippen molar-refractivity contribution in [2.75, 3.05) is 13.1 Å². The van der Waals surface area contributed by atoms with Crippen LogP contribution in [0.25, 0.3) is 0 Å². The number of carbonyl (C=O) groups excluding carboxylic acids is 1. The first-order chi connectivity index (χ1) is 8.66. The lowest BCUT2D eigenvalue weighted by Crippen LogP contribution is -2.47. The number of rotatable bonds is 2. The molecule has 2 rings (SSSR count). The Morgan fingerprint density at radius 2 is 2.17 bits per heavy atom. The number of likely N-dealkylation sites (tertiary alicyclic amines) is 1. The summed E-state index contributed by atoms with van der Waals surface area (Å²) in [4.78, 5) is 13.4. The average molecular weight is 314 g/mol. The van der Waals surface area contributed by atoms with Gasteiger partial charge in [-0.3, -0.25) is 0 Å². The van der Waals surface area contributed by atoms with Crippen molar-refractivity contribution in [1.29, 1.82) is 0 Å². The molecule has 1 fully saturated rings. The highest BCUT2D eigenvalue weighted by Gasteiger charge is 2.29. The summed E-state index contributed by atoms with van der Waals surface area (Å²) in [5.74, 6) is 0. The largest absolute Gasteiger partial charge is 0.445 e. The molecular weight excluding hydrogens is 298 g/mol. The van der Waals surface area contributed by atoms with E-state index in [1.807, 2.05) is 30.3 Å². The molecule has 0 saturated carbocycles. The zero-order chi connectivity index (χ0) is 13.0. The van der Waals surface area contributed by atoms with Gasteiger partial charge in [-0.2, -0.15) is 0 Å². The number of halogens is 1. The van der Waals surface area contributed by atoms with Crippen LogP contribution < -0.4 is 0 Å². The lowest BCUT2D eigenvalue weighted by molar-refractivity contribution is 0.0502. The Bertz CT molecular complexity index is 398. The molecule has 1 N–H and O–H groups in total. The molecule has 1 aromatic carbocycles. The van der Waals surface area contributed by atoms with Gasteiger partial charge in [0.25, 0.3) is 0 Å².